The van der Waals surface area contributed by atoms with Crippen molar-refractivity contribution in [1.82, 2.24) is 9.97 Å². The standard InChI is InChI=1S/C17H18ClN3O2/c1-2-3-4-14-13(12(17(19)23)6-8-20-14)10-15(22)11-5-7-21-16(18)9-11/h5-9H,2-4,10H2,1H3,(H2,19,23). The lowest BCUT2D eigenvalue weighted by Gasteiger charge is -2.11. The third-order valence-corrected chi connectivity index (χ3v) is 3.77. The summed E-state index contributed by atoms with van der Waals surface area (Å²) in [6, 6.07) is 4.66. The fourth-order valence-electron chi connectivity index (χ4n) is 2.36. The Morgan fingerprint density at radius 1 is 1.22 bits per heavy atom. The number of carbonyl (C=O) groups is 2. The molecule has 5 nitrogen and oxygen atoms in total. The Bertz CT molecular complexity index is 732. The molecule has 2 aromatic heterocycles. The topological polar surface area (TPSA) is 85.9 Å². The molecule has 0 bridgehead atoms. The number of unbranched alkanes of at least 4 members (excludes halogenated alkanes) is 1. The smallest absolute Gasteiger partial charge is 0.249 e. The molecular formula is C17H18ClN3O2. The number of primary amides is 1. The number of Topliss-reactive ketones (excluding diaryl/α,β-unsaturated/α-hetero) is 1. The second-order valence-electron chi connectivity index (χ2n) is 5.22. The molecule has 120 valence electrons. The minimum atomic E-state index is -0.555. The predicted molar refractivity (Wildman–Crippen MR) is 88.6 cm³/mol. The largest absolute Gasteiger partial charge is 0.366 e. The molecule has 0 fully saturated rings. The summed E-state index contributed by atoms with van der Waals surface area (Å²) < 4.78 is 0. The van der Waals surface area contributed by atoms with Crippen molar-refractivity contribution >= 4 is 23.3 Å². The lowest BCUT2D eigenvalue weighted by Crippen LogP contribution is -2.18. The summed E-state index contributed by atoms with van der Waals surface area (Å²) in [7, 11) is 0. The van der Waals surface area contributed by atoms with Gasteiger partial charge in [-0.15, -0.1) is 0 Å². The zero-order valence-electron chi connectivity index (χ0n) is 12.9. The van der Waals surface area contributed by atoms with Crippen molar-refractivity contribution in [1.29, 1.82) is 0 Å². The number of aryl methyl sites for hydroxylation is 1. The maximum absolute atomic E-state index is 12.5. The molecule has 0 unspecified atom stereocenters. The van der Waals surface area contributed by atoms with Crippen LogP contribution in [-0.2, 0) is 12.8 Å². The van der Waals surface area contributed by atoms with Gasteiger partial charge in [-0.05, 0) is 36.6 Å². The van der Waals surface area contributed by atoms with E-state index in [0.29, 0.717) is 23.1 Å². The number of amides is 1. The van der Waals surface area contributed by atoms with Crippen LogP contribution in [0.15, 0.2) is 30.6 Å². The number of hydrogen-bond donors (Lipinski definition) is 1. The van der Waals surface area contributed by atoms with Crippen LogP contribution in [0.1, 0.15) is 51.7 Å². The molecule has 0 aliphatic rings. The van der Waals surface area contributed by atoms with E-state index in [1.54, 1.807) is 18.3 Å². The highest BCUT2D eigenvalue weighted by Gasteiger charge is 2.18. The molecular weight excluding hydrogens is 314 g/mol. The molecule has 0 saturated heterocycles. The molecule has 1 amide bonds. The van der Waals surface area contributed by atoms with E-state index in [1.165, 1.54) is 12.3 Å². The van der Waals surface area contributed by atoms with Crippen LogP contribution < -0.4 is 5.73 Å². The van der Waals surface area contributed by atoms with E-state index in [0.717, 1.165) is 18.5 Å². The molecule has 6 heteroatoms. The van der Waals surface area contributed by atoms with Crippen LogP contribution in [0, 0.1) is 0 Å². The minimum absolute atomic E-state index is 0.0610. The van der Waals surface area contributed by atoms with Crippen molar-refractivity contribution in [2.45, 2.75) is 32.6 Å². The van der Waals surface area contributed by atoms with Gasteiger partial charge in [0.2, 0.25) is 5.91 Å². The molecule has 2 rings (SSSR count). The normalized spacial score (nSPS) is 10.5. The predicted octanol–water partition coefficient (Wildman–Crippen LogP) is 3.00. The van der Waals surface area contributed by atoms with Crippen LogP contribution in [0.25, 0.3) is 0 Å². The van der Waals surface area contributed by atoms with Gasteiger partial charge in [0, 0.05) is 35.6 Å². The van der Waals surface area contributed by atoms with Gasteiger partial charge in [-0.1, -0.05) is 24.9 Å². The third-order valence-electron chi connectivity index (χ3n) is 3.56. The summed E-state index contributed by atoms with van der Waals surface area (Å²) in [6.07, 6.45) is 5.73. The van der Waals surface area contributed by atoms with Crippen LogP contribution in [0.4, 0.5) is 0 Å². The van der Waals surface area contributed by atoms with E-state index in [4.69, 9.17) is 17.3 Å². The number of aromatic nitrogens is 2. The Labute approximate surface area is 139 Å². The van der Waals surface area contributed by atoms with Gasteiger partial charge in [0.1, 0.15) is 5.15 Å². The van der Waals surface area contributed by atoms with Gasteiger partial charge in [-0.2, -0.15) is 0 Å². The van der Waals surface area contributed by atoms with E-state index in [9.17, 15) is 9.59 Å². The van der Waals surface area contributed by atoms with E-state index in [2.05, 4.69) is 16.9 Å². The third kappa shape index (κ3) is 4.36. The Morgan fingerprint density at radius 2 is 1.96 bits per heavy atom. The monoisotopic (exact) mass is 331 g/mol. The molecule has 2 aromatic rings. The van der Waals surface area contributed by atoms with Gasteiger partial charge >= 0.3 is 0 Å². The SMILES string of the molecule is CCCCc1nccc(C(N)=O)c1CC(=O)c1ccnc(Cl)c1. The van der Waals surface area contributed by atoms with Crippen molar-refractivity contribution in [3.8, 4) is 0 Å². The van der Waals surface area contributed by atoms with Gasteiger partial charge < -0.3 is 5.73 Å². The number of nitrogens with zero attached hydrogens (tertiary/aromatic N) is 2. The average Bonchev–Trinajstić information content (AvgIpc) is 2.53. The maximum Gasteiger partial charge on any atom is 0.249 e. The Morgan fingerprint density at radius 3 is 2.61 bits per heavy atom. The van der Waals surface area contributed by atoms with Crippen molar-refractivity contribution in [3.05, 3.63) is 58.1 Å². The highest BCUT2D eigenvalue weighted by molar-refractivity contribution is 6.29. The van der Waals surface area contributed by atoms with Crippen molar-refractivity contribution in [3.63, 3.8) is 0 Å². The average molecular weight is 332 g/mol. The molecule has 0 aliphatic heterocycles. The highest BCUT2D eigenvalue weighted by atomic mass is 35.5. The first-order valence-electron chi connectivity index (χ1n) is 7.44. The van der Waals surface area contributed by atoms with Crippen molar-refractivity contribution in [2.24, 2.45) is 5.73 Å². The molecule has 0 saturated carbocycles. The number of rotatable bonds is 7. The summed E-state index contributed by atoms with van der Waals surface area (Å²) in [5.41, 5.74) is 7.59. The zero-order chi connectivity index (χ0) is 16.8. The van der Waals surface area contributed by atoms with E-state index >= 15 is 0 Å². The van der Waals surface area contributed by atoms with Crippen LogP contribution in [0.5, 0.6) is 0 Å². The molecule has 0 aliphatic carbocycles. The Kier molecular flexibility index (Phi) is 5.82. The number of halogens is 1. The van der Waals surface area contributed by atoms with Gasteiger partial charge in [-0.3, -0.25) is 14.6 Å². The van der Waals surface area contributed by atoms with Crippen LogP contribution >= 0.6 is 11.6 Å². The second-order valence-corrected chi connectivity index (χ2v) is 5.61. The molecule has 23 heavy (non-hydrogen) atoms. The molecule has 0 atom stereocenters. The fourth-order valence-corrected chi connectivity index (χ4v) is 2.54. The van der Waals surface area contributed by atoms with E-state index in [-0.39, 0.29) is 17.4 Å². The fraction of sp³-hybridized carbons (Fsp3) is 0.294. The number of carbonyl (C=O) groups excluding carboxylic acids is 2. The summed E-state index contributed by atoms with van der Waals surface area (Å²) in [5, 5.41) is 0.253. The van der Waals surface area contributed by atoms with Gasteiger partial charge in [0.25, 0.3) is 0 Å². The van der Waals surface area contributed by atoms with Crippen LogP contribution in [0.2, 0.25) is 5.15 Å². The zero-order valence-corrected chi connectivity index (χ0v) is 13.6. The molecule has 0 radical (unpaired) electrons. The molecule has 2 N–H and O–H groups in total. The second kappa shape index (κ2) is 7.83. The Balaban J connectivity index is 2.36. The first kappa shape index (κ1) is 17.1. The van der Waals surface area contributed by atoms with Gasteiger partial charge in [0.05, 0.1) is 0 Å². The highest BCUT2D eigenvalue weighted by Crippen LogP contribution is 2.18. The minimum Gasteiger partial charge on any atom is -0.366 e. The first-order chi connectivity index (χ1) is 11.0. The van der Waals surface area contributed by atoms with Gasteiger partial charge in [0.15, 0.2) is 5.78 Å². The Hall–Kier alpha value is -2.27. The number of nitrogens with two attached hydrogens (primary N) is 1. The van der Waals surface area contributed by atoms with Crippen LogP contribution in [0.3, 0.4) is 0 Å². The lowest BCUT2D eigenvalue weighted by molar-refractivity contribution is 0.0990. The molecule has 0 spiro atoms. The number of ketones is 1. The van der Waals surface area contributed by atoms with Crippen LogP contribution in [-0.4, -0.2) is 21.7 Å². The summed E-state index contributed by atoms with van der Waals surface area (Å²) in [6.45, 7) is 2.07. The number of hydrogen-bond acceptors (Lipinski definition) is 4. The summed E-state index contributed by atoms with van der Waals surface area (Å²) in [4.78, 5) is 32.4. The maximum atomic E-state index is 12.5. The molecule has 2 heterocycles. The van der Waals surface area contributed by atoms with E-state index < -0.39 is 5.91 Å². The van der Waals surface area contributed by atoms with Crippen molar-refractivity contribution < 1.29 is 9.59 Å². The summed E-state index contributed by atoms with van der Waals surface area (Å²) in [5.74, 6) is -0.705. The quantitative estimate of drug-likeness (QED) is 0.624. The lowest BCUT2D eigenvalue weighted by atomic mass is 9.95. The van der Waals surface area contributed by atoms with E-state index in [1.807, 2.05) is 0 Å². The van der Waals surface area contributed by atoms with Gasteiger partial charge in [-0.25, -0.2) is 4.98 Å². The number of pyridine rings is 2. The summed E-state index contributed by atoms with van der Waals surface area (Å²) >= 11 is 5.82. The first-order valence-corrected chi connectivity index (χ1v) is 7.82. The molecule has 0 aromatic carbocycles. The van der Waals surface area contributed by atoms with Crippen molar-refractivity contribution in [2.75, 3.05) is 0 Å².